The Morgan fingerprint density at radius 3 is 2.70 bits per heavy atom. The summed E-state index contributed by atoms with van der Waals surface area (Å²) in [6.45, 7) is 3.32. The highest BCUT2D eigenvalue weighted by molar-refractivity contribution is 9.09. The second-order valence-corrected chi connectivity index (χ2v) is 8.27. The second kappa shape index (κ2) is 7.05. The summed E-state index contributed by atoms with van der Waals surface area (Å²) < 4.78 is 26.8. The molecule has 0 radical (unpaired) electrons. The topological polar surface area (TPSA) is 37.4 Å². The van der Waals surface area contributed by atoms with Gasteiger partial charge in [-0.25, -0.2) is 12.7 Å². The van der Waals surface area contributed by atoms with Gasteiger partial charge >= 0.3 is 0 Å². The molecular formula is C15H22BrNO2S. The lowest BCUT2D eigenvalue weighted by atomic mass is 10.0. The van der Waals surface area contributed by atoms with Crippen LogP contribution in [0.25, 0.3) is 0 Å². The number of alkyl halides is 1. The Kier molecular flexibility index (Phi) is 5.64. The van der Waals surface area contributed by atoms with Crippen LogP contribution in [0.5, 0.6) is 0 Å². The molecule has 0 N–H and O–H groups in total. The average Bonchev–Trinajstić information content (AvgIpc) is 2.48. The van der Waals surface area contributed by atoms with E-state index >= 15 is 0 Å². The lowest BCUT2D eigenvalue weighted by Crippen LogP contribution is -2.42. The number of halogens is 1. The van der Waals surface area contributed by atoms with Crippen molar-refractivity contribution in [2.24, 2.45) is 5.92 Å². The Labute approximate surface area is 130 Å². The van der Waals surface area contributed by atoms with Gasteiger partial charge in [-0.05, 0) is 30.2 Å². The Morgan fingerprint density at radius 2 is 2.05 bits per heavy atom. The summed E-state index contributed by atoms with van der Waals surface area (Å²) in [6.07, 6.45) is 2.08. The molecule has 20 heavy (non-hydrogen) atoms. The third kappa shape index (κ3) is 4.06. The number of nitrogens with zero attached hydrogens (tertiary/aromatic N) is 1. The van der Waals surface area contributed by atoms with Crippen molar-refractivity contribution >= 4 is 26.0 Å². The van der Waals surface area contributed by atoms with Gasteiger partial charge in [-0.2, -0.15) is 0 Å². The molecule has 112 valence electrons. The lowest BCUT2D eigenvalue weighted by Gasteiger charge is -2.31. The van der Waals surface area contributed by atoms with E-state index in [1.165, 1.54) is 0 Å². The molecule has 2 rings (SSSR count). The molecule has 0 aromatic heterocycles. The Balaban J connectivity index is 2.03. The molecule has 0 amide bonds. The highest BCUT2D eigenvalue weighted by atomic mass is 79.9. The van der Waals surface area contributed by atoms with Crippen LogP contribution in [0.2, 0.25) is 0 Å². The number of hydrogen-bond donors (Lipinski definition) is 0. The largest absolute Gasteiger partial charge is 0.214 e. The van der Waals surface area contributed by atoms with Gasteiger partial charge in [-0.15, -0.1) is 0 Å². The zero-order valence-corrected chi connectivity index (χ0v) is 14.2. The monoisotopic (exact) mass is 359 g/mol. The van der Waals surface area contributed by atoms with Crippen molar-refractivity contribution in [3.8, 4) is 0 Å². The van der Waals surface area contributed by atoms with Gasteiger partial charge in [0.1, 0.15) is 0 Å². The molecule has 1 heterocycles. The van der Waals surface area contributed by atoms with Crippen LogP contribution in [0.3, 0.4) is 0 Å². The molecule has 1 aliphatic heterocycles. The van der Waals surface area contributed by atoms with E-state index in [0.29, 0.717) is 19.0 Å². The van der Waals surface area contributed by atoms with Crippen LogP contribution < -0.4 is 0 Å². The normalized spacial score (nSPS) is 22.6. The maximum Gasteiger partial charge on any atom is 0.214 e. The van der Waals surface area contributed by atoms with Gasteiger partial charge in [0.05, 0.1) is 5.75 Å². The molecule has 0 saturated carbocycles. The summed E-state index contributed by atoms with van der Waals surface area (Å²) >= 11 is 3.47. The van der Waals surface area contributed by atoms with Crippen molar-refractivity contribution in [3.63, 3.8) is 0 Å². The van der Waals surface area contributed by atoms with Crippen molar-refractivity contribution in [3.05, 3.63) is 35.9 Å². The van der Waals surface area contributed by atoms with Crippen LogP contribution in [0.1, 0.15) is 31.2 Å². The number of hydrogen-bond acceptors (Lipinski definition) is 2. The molecule has 1 aromatic carbocycles. The van der Waals surface area contributed by atoms with Gasteiger partial charge < -0.3 is 0 Å². The standard InChI is InChI=1S/C15H22BrNO2S/c1-13(15-7-3-2-4-8-15)12-20(18,19)17-9-5-6-14(10-16)11-17/h2-4,7-8,13-14H,5-6,9-12H2,1H3. The van der Waals surface area contributed by atoms with Crippen molar-refractivity contribution < 1.29 is 8.42 Å². The van der Waals surface area contributed by atoms with Crippen LogP contribution >= 0.6 is 15.9 Å². The van der Waals surface area contributed by atoms with Crippen molar-refractivity contribution in [1.29, 1.82) is 0 Å². The molecule has 1 aromatic rings. The minimum absolute atomic E-state index is 0.0329. The third-order valence-corrected chi connectivity index (χ3v) is 6.88. The maximum atomic E-state index is 12.5. The van der Waals surface area contributed by atoms with Gasteiger partial charge in [0.2, 0.25) is 10.0 Å². The van der Waals surface area contributed by atoms with E-state index in [4.69, 9.17) is 0 Å². The minimum Gasteiger partial charge on any atom is -0.212 e. The first-order valence-corrected chi connectivity index (χ1v) is 9.84. The number of benzene rings is 1. The average molecular weight is 360 g/mol. The molecular weight excluding hydrogens is 338 g/mol. The van der Waals surface area contributed by atoms with Crippen LogP contribution in [0.4, 0.5) is 0 Å². The van der Waals surface area contributed by atoms with Crippen molar-refractivity contribution in [2.45, 2.75) is 25.7 Å². The molecule has 1 fully saturated rings. The number of sulfonamides is 1. The molecule has 0 bridgehead atoms. The number of piperidine rings is 1. The van der Waals surface area contributed by atoms with Crippen molar-refractivity contribution in [2.75, 3.05) is 24.2 Å². The SMILES string of the molecule is CC(CS(=O)(=O)N1CCCC(CBr)C1)c1ccccc1. The Morgan fingerprint density at radius 1 is 1.35 bits per heavy atom. The first-order valence-electron chi connectivity index (χ1n) is 7.11. The van der Waals surface area contributed by atoms with E-state index in [0.717, 1.165) is 23.7 Å². The van der Waals surface area contributed by atoms with Gasteiger partial charge in [-0.3, -0.25) is 0 Å². The van der Waals surface area contributed by atoms with E-state index in [9.17, 15) is 8.42 Å². The lowest BCUT2D eigenvalue weighted by molar-refractivity contribution is 0.285. The van der Waals surface area contributed by atoms with E-state index in [-0.39, 0.29) is 11.7 Å². The quantitative estimate of drug-likeness (QED) is 0.756. The third-order valence-electron chi connectivity index (χ3n) is 3.92. The van der Waals surface area contributed by atoms with Crippen molar-refractivity contribution in [1.82, 2.24) is 4.31 Å². The molecule has 1 saturated heterocycles. The predicted octanol–water partition coefficient (Wildman–Crippen LogP) is 3.23. The van der Waals surface area contributed by atoms with E-state index in [2.05, 4.69) is 15.9 Å². The second-order valence-electron chi connectivity index (χ2n) is 5.61. The van der Waals surface area contributed by atoms with E-state index < -0.39 is 10.0 Å². The Bertz CT molecular complexity index is 518. The molecule has 2 unspecified atom stereocenters. The first-order chi connectivity index (χ1) is 9.53. The van der Waals surface area contributed by atoms with Gasteiger partial charge in [0.15, 0.2) is 0 Å². The minimum atomic E-state index is -3.16. The molecule has 1 aliphatic rings. The molecule has 2 atom stereocenters. The highest BCUT2D eigenvalue weighted by Gasteiger charge is 2.29. The smallest absolute Gasteiger partial charge is 0.212 e. The zero-order valence-electron chi connectivity index (χ0n) is 11.8. The van der Waals surface area contributed by atoms with Crippen LogP contribution in [-0.4, -0.2) is 36.9 Å². The van der Waals surface area contributed by atoms with Gasteiger partial charge in [0, 0.05) is 18.4 Å². The van der Waals surface area contributed by atoms with E-state index in [1.807, 2.05) is 37.3 Å². The molecule has 5 heteroatoms. The first kappa shape index (κ1) is 16.0. The molecule has 0 spiro atoms. The fraction of sp³-hybridized carbons (Fsp3) is 0.600. The fourth-order valence-corrected chi connectivity index (χ4v) is 5.11. The predicted molar refractivity (Wildman–Crippen MR) is 86.7 cm³/mol. The summed E-state index contributed by atoms with van der Waals surface area (Å²) in [5.74, 6) is 0.683. The Hall–Kier alpha value is -0.390. The van der Waals surface area contributed by atoms with Crippen LogP contribution in [0, 0.1) is 5.92 Å². The summed E-state index contributed by atoms with van der Waals surface area (Å²) in [4.78, 5) is 0. The van der Waals surface area contributed by atoms with E-state index in [1.54, 1.807) is 4.31 Å². The van der Waals surface area contributed by atoms with Crippen LogP contribution in [-0.2, 0) is 10.0 Å². The molecule has 0 aliphatic carbocycles. The van der Waals surface area contributed by atoms with Crippen LogP contribution in [0.15, 0.2) is 30.3 Å². The fourth-order valence-electron chi connectivity index (χ4n) is 2.70. The summed E-state index contributed by atoms with van der Waals surface area (Å²) in [7, 11) is -3.16. The maximum absolute atomic E-state index is 12.5. The summed E-state index contributed by atoms with van der Waals surface area (Å²) in [5, 5.41) is 0.882. The summed E-state index contributed by atoms with van der Waals surface area (Å²) in [5.41, 5.74) is 1.09. The highest BCUT2D eigenvalue weighted by Crippen LogP contribution is 2.24. The molecule has 3 nitrogen and oxygen atoms in total. The number of rotatable bonds is 5. The zero-order chi connectivity index (χ0) is 14.6. The van der Waals surface area contributed by atoms with Gasteiger partial charge in [0.25, 0.3) is 0 Å². The summed E-state index contributed by atoms with van der Waals surface area (Å²) in [6, 6.07) is 9.87. The van der Waals surface area contributed by atoms with Gasteiger partial charge in [-0.1, -0.05) is 53.2 Å².